The van der Waals surface area contributed by atoms with Gasteiger partial charge in [-0.2, -0.15) is 42.5 Å². The molecule has 0 spiro atoms. The molecule has 0 heterocycles. The molecule has 2 rings (SSSR count). The molecule has 0 aromatic heterocycles. The minimum atomic E-state index is 0. The second kappa shape index (κ2) is 6.16. The summed E-state index contributed by atoms with van der Waals surface area (Å²) in [6.45, 7) is 2.14. The monoisotopic (exact) mass is 418 g/mol. The summed E-state index contributed by atoms with van der Waals surface area (Å²) < 4.78 is 0. The van der Waals surface area contributed by atoms with E-state index in [4.69, 9.17) is 0 Å². The summed E-state index contributed by atoms with van der Waals surface area (Å²) in [5, 5.41) is 0. The summed E-state index contributed by atoms with van der Waals surface area (Å²) in [4.78, 5) is 0. The minimum Gasteiger partial charge on any atom is -0.226 e. The smallest absolute Gasteiger partial charge is 0.226 e. The standard InChI is InChI=1S/C14H12.U/c1-2-12-7-6-10-14(11-12)13-8-4-3-5-9-13;/h3-8,10H,2H2,1H3;/q-2;+2. The Bertz CT molecular complexity index is 407. The maximum absolute atomic E-state index is 3.38. The van der Waals surface area contributed by atoms with Crippen molar-refractivity contribution in [1.29, 1.82) is 0 Å². The van der Waals surface area contributed by atoms with E-state index in [9.17, 15) is 0 Å². The Hall–Kier alpha value is -0.508. The van der Waals surface area contributed by atoms with E-state index in [1.165, 1.54) is 5.56 Å². The Morgan fingerprint density at radius 3 is 2.47 bits per heavy atom. The van der Waals surface area contributed by atoms with Crippen LogP contribution < -0.4 is 0 Å². The molecule has 0 N–H and O–H groups in total. The molecule has 1 heteroatoms. The van der Waals surface area contributed by atoms with E-state index in [0.717, 1.165) is 17.5 Å². The van der Waals surface area contributed by atoms with Crippen LogP contribution in [0.15, 0.2) is 42.5 Å². The normalized spacial score (nSPS) is 9.40. The topological polar surface area (TPSA) is 0 Å². The van der Waals surface area contributed by atoms with Crippen LogP contribution in [-0.2, 0) is 6.42 Å². The van der Waals surface area contributed by atoms with Crippen LogP contribution in [0.25, 0.3) is 11.1 Å². The van der Waals surface area contributed by atoms with Crippen molar-refractivity contribution in [2.75, 3.05) is 0 Å². The zero-order valence-corrected chi connectivity index (χ0v) is 12.9. The summed E-state index contributed by atoms with van der Waals surface area (Å²) in [6, 6.07) is 20.8. The molecule has 0 saturated heterocycles. The third-order valence-electron chi connectivity index (χ3n) is 2.24. The van der Waals surface area contributed by atoms with E-state index < -0.39 is 0 Å². The number of hydrogen-bond acceptors (Lipinski definition) is 0. The van der Waals surface area contributed by atoms with Crippen molar-refractivity contribution in [3.05, 3.63) is 60.2 Å². The largest absolute Gasteiger partial charge is 2.00 e. The summed E-state index contributed by atoms with van der Waals surface area (Å²) >= 11 is 0. The predicted molar refractivity (Wildman–Crippen MR) is 58.9 cm³/mol. The van der Waals surface area contributed by atoms with Gasteiger partial charge in [-0.1, -0.05) is 6.92 Å². The molecule has 0 radical (unpaired) electrons. The first kappa shape index (κ1) is 12.6. The molecule has 0 bridgehead atoms. The molecule has 72 valence electrons. The third-order valence-corrected chi connectivity index (χ3v) is 2.24. The predicted octanol–water partition coefficient (Wildman–Crippen LogP) is 3.52. The van der Waals surface area contributed by atoms with E-state index in [0.29, 0.717) is 0 Å². The molecule has 0 unspecified atom stereocenters. The first-order valence-electron chi connectivity index (χ1n) is 4.88. The molecule has 0 atom stereocenters. The second-order valence-corrected chi connectivity index (χ2v) is 3.22. The van der Waals surface area contributed by atoms with Gasteiger partial charge in [0.15, 0.2) is 0 Å². The first-order valence-corrected chi connectivity index (χ1v) is 4.88. The van der Waals surface area contributed by atoms with Gasteiger partial charge in [-0.05, 0) is 6.42 Å². The SMILES string of the molecule is CCc1[c-]c(-c2[c-]cccc2)ccc1.[U+2]. The van der Waals surface area contributed by atoms with Crippen LogP contribution in [0.1, 0.15) is 12.5 Å². The summed E-state index contributed by atoms with van der Waals surface area (Å²) in [5.74, 6) is 0. The quantitative estimate of drug-likeness (QED) is 0.655. The summed E-state index contributed by atoms with van der Waals surface area (Å²) in [6.07, 6.45) is 1.03. The number of hydrogen-bond donors (Lipinski definition) is 0. The molecular weight excluding hydrogens is 406 g/mol. The van der Waals surface area contributed by atoms with Gasteiger partial charge in [0.2, 0.25) is 0 Å². The van der Waals surface area contributed by atoms with Gasteiger partial charge in [-0.25, -0.2) is 11.1 Å². The van der Waals surface area contributed by atoms with E-state index >= 15 is 0 Å². The molecule has 0 amide bonds. The van der Waals surface area contributed by atoms with Crippen molar-refractivity contribution in [1.82, 2.24) is 0 Å². The maximum atomic E-state index is 3.38. The fraction of sp³-hybridized carbons (Fsp3) is 0.143. The Morgan fingerprint density at radius 1 is 1.00 bits per heavy atom. The van der Waals surface area contributed by atoms with Crippen LogP contribution in [-0.4, -0.2) is 0 Å². The van der Waals surface area contributed by atoms with Crippen LogP contribution in [0.4, 0.5) is 0 Å². The van der Waals surface area contributed by atoms with Crippen molar-refractivity contribution in [2.24, 2.45) is 0 Å². The average molecular weight is 418 g/mol. The van der Waals surface area contributed by atoms with Crippen LogP contribution in [0.5, 0.6) is 0 Å². The van der Waals surface area contributed by atoms with Gasteiger partial charge in [0.25, 0.3) is 0 Å². The molecule has 2 aromatic carbocycles. The Balaban J connectivity index is 0.00000112. The van der Waals surface area contributed by atoms with Gasteiger partial charge in [0.1, 0.15) is 0 Å². The number of aryl methyl sites for hydroxylation is 1. The van der Waals surface area contributed by atoms with E-state index in [1.54, 1.807) is 0 Å². The van der Waals surface area contributed by atoms with Crippen LogP contribution >= 0.6 is 0 Å². The van der Waals surface area contributed by atoms with Crippen molar-refractivity contribution in [2.45, 2.75) is 13.3 Å². The zero-order chi connectivity index (χ0) is 9.80. The molecule has 0 nitrogen and oxygen atoms in total. The van der Waals surface area contributed by atoms with Crippen molar-refractivity contribution >= 4 is 0 Å². The fourth-order valence-electron chi connectivity index (χ4n) is 1.44. The Morgan fingerprint density at radius 2 is 1.80 bits per heavy atom. The van der Waals surface area contributed by atoms with Gasteiger partial charge in [0.05, 0.1) is 0 Å². The summed E-state index contributed by atoms with van der Waals surface area (Å²) in [5.41, 5.74) is 3.49. The average Bonchev–Trinajstić information content (AvgIpc) is 2.30. The van der Waals surface area contributed by atoms with E-state index in [1.807, 2.05) is 18.2 Å². The van der Waals surface area contributed by atoms with Crippen molar-refractivity contribution < 1.29 is 31.1 Å². The number of rotatable bonds is 2. The minimum absolute atomic E-state index is 0. The van der Waals surface area contributed by atoms with Crippen LogP contribution in [0.2, 0.25) is 0 Å². The Labute approximate surface area is 115 Å². The Kier molecular flexibility index (Phi) is 5.16. The van der Waals surface area contributed by atoms with E-state index in [2.05, 4.69) is 43.3 Å². The third kappa shape index (κ3) is 3.23. The summed E-state index contributed by atoms with van der Waals surface area (Å²) in [7, 11) is 0. The molecule has 2 aromatic rings. The second-order valence-electron chi connectivity index (χ2n) is 3.22. The molecule has 0 aliphatic carbocycles. The molecular formula is C14H12U. The molecule has 0 fully saturated rings. The molecule has 15 heavy (non-hydrogen) atoms. The zero-order valence-electron chi connectivity index (χ0n) is 8.75. The fourth-order valence-corrected chi connectivity index (χ4v) is 1.44. The van der Waals surface area contributed by atoms with Crippen LogP contribution in [0.3, 0.4) is 0 Å². The van der Waals surface area contributed by atoms with Gasteiger partial charge >= 0.3 is 31.1 Å². The van der Waals surface area contributed by atoms with Crippen molar-refractivity contribution in [3.8, 4) is 11.1 Å². The van der Waals surface area contributed by atoms with E-state index in [-0.39, 0.29) is 31.1 Å². The molecule has 0 saturated carbocycles. The first-order chi connectivity index (χ1) is 6.90. The van der Waals surface area contributed by atoms with Gasteiger partial charge in [0, 0.05) is 0 Å². The molecule has 0 aliphatic rings. The van der Waals surface area contributed by atoms with Gasteiger partial charge < -0.3 is 0 Å². The maximum Gasteiger partial charge on any atom is 2.00 e. The van der Waals surface area contributed by atoms with Gasteiger partial charge in [-0.3, -0.25) is 0 Å². The van der Waals surface area contributed by atoms with Gasteiger partial charge in [-0.15, -0.1) is 17.7 Å². The van der Waals surface area contributed by atoms with Crippen molar-refractivity contribution in [3.63, 3.8) is 0 Å². The number of benzene rings is 2. The van der Waals surface area contributed by atoms with Crippen LogP contribution in [0, 0.1) is 43.2 Å². The molecule has 0 aliphatic heterocycles.